The Morgan fingerprint density at radius 2 is 2.03 bits per heavy atom. The number of nitrogens with two attached hydrogens (primary N) is 1. The van der Waals surface area contributed by atoms with E-state index in [2.05, 4.69) is 4.98 Å². The summed E-state index contributed by atoms with van der Waals surface area (Å²) in [6, 6.07) is 0. The van der Waals surface area contributed by atoms with Gasteiger partial charge in [-0.2, -0.15) is 0 Å². The Kier molecular flexibility index (Phi) is 6.47. The first-order chi connectivity index (χ1) is 16.5. The Balaban J connectivity index is 1.90. The number of Topliss-reactive ketones (excluding diaryl/α,β-unsaturated/α-hetero) is 1. The number of aromatic amines is 1. The van der Waals surface area contributed by atoms with Gasteiger partial charge in [-0.25, -0.2) is 9.59 Å². The highest BCUT2D eigenvalue weighted by atomic mass is 16.5. The van der Waals surface area contributed by atoms with Gasteiger partial charge in [0.15, 0.2) is 5.78 Å². The highest BCUT2D eigenvalue weighted by Crippen LogP contribution is 2.47. The van der Waals surface area contributed by atoms with Gasteiger partial charge in [0.05, 0.1) is 25.2 Å². The molecule has 0 saturated carbocycles. The van der Waals surface area contributed by atoms with Crippen molar-refractivity contribution in [2.45, 2.75) is 64.4 Å². The summed E-state index contributed by atoms with van der Waals surface area (Å²) in [5.74, 6) is -2.45. The van der Waals surface area contributed by atoms with Crippen molar-refractivity contribution >= 4 is 11.8 Å². The smallest absolute Gasteiger partial charge is 0.340 e. The van der Waals surface area contributed by atoms with Crippen LogP contribution in [0.3, 0.4) is 0 Å². The molecule has 1 aliphatic carbocycles. The summed E-state index contributed by atoms with van der Waals surface area (Å²) in [7, 11) is 0. The fourth-order valence-corrected chi connectivity index (χ4v) is 4.87. The van der Waals surface area contributed by atoms with Crippen LogP contribution in [0.2, 0.25) is 0 Å². The van der Waals surface area contributed by atoms with Crippen molar-refractivity contribution in [1.82, 2.24) is 9.55 Å². The summed E-state index contributed by atoms with van der Waals surface area (Å²) in [5.41, 5.74) is 3.84. The summed E-state index contributed by atoms with van der Waals surface area (Å²) in [4.78, 5) is 54.1. The normalized spacial score (nSPS) is 28.1. The Hall–Kier alpha value is -3.22. The second-order valence-electron chi connectivity index (χ2n) is 9.68. The van der Waals surface area contributed by atoms with Gasteiger partial charge in [0.2, 0.25) is 5.88 Å². The van der Waals surface area contributed by atoms with Crippen molar-refractivity contribution in [3.05, 3.63) is 55.4 Å². The molecule has 12 nitrogen and oxygen atoms in total. The number of aliphatic hydroxyl groups excluding tert-OH is 2. The second kappa shape index (κ2) is 9.10. The Morgan fingerprint density at radius 3 is 2.66 bits per heavy atom. The van der Waals surface area contributed by atoms with Crippen LogP contribution < -0.4 is 17.0 Å². The number of hydrogen-bond acceptors (Lipinski definition) is 10. The number of H-pyrrole nitrogens is 1. The molecular weight excluding hydrogens is 462 g/mol. The topological polar surface area (TPSA) is 183 Å². The first kappa shape index (κ1) is 24.9. The van der Waals surface area contributed by atoms with Gasteiger partial charge in [0, 0.05) is 36.6 Å². The zero-order valence-electron chi connectivity index (χ0n) is 19.7. The molecule has 1 unspecified atom stereocenters. The standard InChI is InChI=1S/C23H29N3O9/c1-4-33-21(31)18-16(17-12(29)6-23(2,3)7-13(17)35-19(18)24)10-8-26(22(32)25-20(10)30)15-5-11(28)14(9-27)34-15/h8,11,14-16,27-28H,4-7,9,24H2,1-3H3,(H,25,30,32)/t11-,14+,15+,16?/m0/s1. The second-order valence-corrected chi connectivity index (χ2v) is 9.68. The molecule has 12 heteroatoms. The molecule has 0 spiro atoms. The van der Waals surface area contributed by atoms with E-state index in [4.69, 9.17) is 19.9 Å². The molecule has 1 aromatic rings. The lowest BCUT2D eigenvalue weighted by molar-refractivity contribution is -0.139. The van der Waals surface area contributed by atoms with Gasteiger partial charge in [0.1, 0.15) is 23.7 Å². The molecule has 4 rings (SSSR count). The van der Waals surface area contributed by atoms with Crippen molar-refractivity contribution in [3.8, 4) is 0 Å². The predicted octanol–water partition coefficient (Wildman–Crippen LogP) is -0.332. The SMILES string of the molecule is CCOC(=O)C1=C(N)OC2=C(C(=O)CC(C)(C)C2)C1c1cn([C@H]2C[C@H](O)[C@@H](CO)O2)c(=O)[nH]c1=O. The maximum Gasteiger partial charge on any atom is 0.340 e. The fraction of sp³-hybridized carbons (Fsp3) is 0.565. The first-order valence-corrected chi connectivity index (χ1v) is 11.4. The number of aromatic nitrogens is 2. The number of allylic oxidation sites excluding steroid dienone is 2. The number of rotatable bonds is 5. The van der Waals surface area contributed by atoms with E-state index in [-0.39, 0.29) is 53.6 Å². The molecule has 0 amide bonds. The maximum atomic E-state index is 13.3. The number of nitrogens with one attached hydrogen (secondary N) is 1. The average molecular weight is 491 g/mol. The lowest BCUT2D eigenvalue weighted by atomic mass is 9.70. The van der Waals surface area contributed by atoms with Crippen molar-refractivity contribution < 1.29 is 34.0 Å². The molecule has 5 N–H and O–H groups in total. The quantitative estimate of drug-likeness (QED) is 0.398. The summed E-state index contributed by atoms with van der Waals surface area (Å²) < 4.78 is 17.5. The summed E-state index contributed by atoms with van der Waals surface area (Å²) in [5, 5.41) is 19.5. The number of ether oxygens (including phenoxy) is 3. The van der Waals surface area contributed by atoms with Crippen LogP contribution in [0, 0.1) is 5.41 Å². The maximum absolute atomic E-state index is 13.3. The largest absolute Gasteiger partial charge is 0.462 e. The van der Waals surface area contributed by atoms with E-state index in [1.54, 1.807) is 6.92 Å². The number of ketones is 1. The van der Waals surface area contributed by atoms with E-state index < -0.39 is 53.6 Å². The molecule has 190 valence electrons. The van der Waals surface area contributed by atoms with Gasteiger partial charge in [-0.15, -0.1) is 0 Å². The Morgan fingerprint density at radius 1 is 1.31 bits per heavy atom. The van der Waals surface area contributed by atoms with E-state index in [0.29, 0.717) is 6.42 Å². The molecule has 35 heavy (non-hydrogen) atoms. The molecule has 3 heterocycles. The summed E-state index contributed by atoms with van der Waals surface area (Å²) in [6.07, 6.45) is -1.27. The predicted molar refractivity (Wildman–Crippen MR) is 120 cm³/mol. The molecule has 1 aromatic heterocycles. The number of nitrogens with zero attached hydrogens (tertiary/aromatic N) is 1. The number of carbonyl (C=O) groups excluding carboxylic acids is 2. The number of aliphatic hydroxyl groups is 2. The Bertz CT molecular complexity index is 1240. The number of carbonyl (C=O) groups is 2. The third-order valence-electron chi connectivity index (χ3n) is 6.45. The minimum absolute atomic E-state index is 0.0153. The van der Waals surface area contributed by atoms with Crippen LogP contribution in [0.4, 0.5) is 0 Å². The van der Waals surface area contributed by atoms with Gasteiger partial charge in [-0.3, -0.25) is 19.1 Å². The zero-order valence-corrected chi connectivity index (χ0v) is 19.7. The third kappa shape index (κ3) is 4.44. The van der Waals surface area contributed by atoms with Crippen LogP contribution in [0.5, 0.6) is 0 Å². The van der Waals surface area contributed by atoms with Crippen molar-refractivity contribution in [3.63, 3.8) is 0 Å². The lowest BCUT2D eigenvalue weighted by Crippen LogP contribution is -2.40. The molecular formula is C23H29N3O9. The minimum atomic E-state index is -1.24. The highest BCUT2D eigenvalue weighted by molar-refractivity contribution is 6.03. The zero-order chi connectivity index (χ0) is 25.7. The van der Waals surface area contributed by atoms with Crippen molar-refractivity contribution in [2.24, 2.45) is 11.1 Å². The van der Waals surface area contributed by atoms with Gasteiger partial charge >= 0.3 is 11.7 Å². The summed E-state index contributed by atoms with van der Waals surface area (Å²) >= 11 is 0. The van der Waals surface area contributed by atoms with E-state index in [9.17, 15) is 29.4 Å². The van der Waals surface area contributed by atoms with E-state index in [1.807, 2.05) is 13.8 Å². The molecule has 1 saturated heterocycles. The van der Waals surface area contributed by atoms with Gasteiger partial charge in [-0.1, -0.05) is 13.8 Å². The van der Waals surface area contributed by atoms with Crippen LogP contribution in [0.25, 0.3) is 0 Å². The minimum Gasteiger partial charge on any atom is -0.462 e. The number of hydrogen-bond donors (Lipinski definition) is 4. The molecule has 3 aliphatic rings. The van der Waals surface area contributed by atoms with Crippen molar-refractivity contribution in [2.75, 3.05) is 13.2 Å². The van der Waals surface area contributed by atoms with Crippen LogP contribution in [0.15, 0.2) is 38.6 Å². The van der Waals surface area contributed by atoms with Crippen LogP contribution >= 0.6 is 0 Å². The molecule has 0 aromatic carbocycles. The van der Waals surface area contributed by atoms with E-state index in [0.717, 1.165) is 4.57 Å². The van der Waals surface area contributed by atoms with E-state index >= 15 is 0 Å². The van der Waals surface area contributed by atoms with E-state index in [1.165, 1.54) is 6.20 Å². The van der Waals surface area contributed by atoms with Crippen molar-refractivity contribution in [1.29, 1.82) is 0 Å². The number of esters is 1. The van der Waals surface area contributed by atoms with Gasteiger partial charge in [0.25, 0.3) is 5.56 Å². The van der Waals surface area contributed by atoms with Crippen LogP contribution in [-0.2, 0) is 23.8 Å². The summed E-state index contributed by atoms with van der Waals surface area (Å²) in [6.45, 7) is 4.93. The highest BCUT2D eigenvalue weighted by Gasteiger charge is 2.46. The fourth-order valence-electron chi connectivity index (χ4n) is 4.87. The molecule has 0 radical (unpaired) electrons. The average Bonchev–Trinajstić information content (AvgIpc) is 3.12. The monoisotopic (exact) mass is 491 g/mol. The molecule has 1 fully saturated rings. The molecule has 4 atom stereocenters. The molecule has 0 bridgehead atoms. The van der Waals surface area contributed by atoms with Gasteiger partial charge in [-0.05, 0) is 12.3 Å². The van der Waals surface area contributed by atoms with Crippen LogP contribution in [-0.4, -0.2) is 56.9 Å². The van der Waals surface area contributed by atoms with Gasteiger partial charge < -0.3 is 30.2 Å². The van der Waals surface area contributed by atoms with Crippen LogP contribution in [0.1, 0.15) is 57.7 Å². The lowest BCUT2D eigenvalue weighted by Gasteiger charge is -2.37. The molecule has 2 aliphatic heterocycles. The Labute approximate surface area is 200 Å². The first-order valence-electron chi connectivity index (χ1n) is 11.4. The third-order valence-corrected chi connectivity index (χ3v) is 6.45.